The summed E-state index contributed by atoms with van der Waals surface area (Å²) < 4.78 is 26.7. The molecule has 0 saturated carbocycles. The van der Waals surface area contributed by atoms with Gasteiger partial charge in [0.15, 0.2) is 0 Å². The van der Waals surface area contributed by atoms with Crippen molar-refractivity contribution in [2.45, 2.75) is 24.0 Å². The Labute approximate surface area is 112 Å². The van der Waals surface area contributed by atoms with Crippen molar-refractivity contribution in [2.75, 3.05) is 19.7 Å². The number of rotatable bonds is 4. The lowest BCUT2D eigenvalue weighted by Gasteiger charge is -2.30. The van der Waals surface area contributed by atoms with Crippen LogP contribution >= 0.6 is 11.3 Å². The molecule has 1 aliphatic heterocycles. The molecule has 2 N–H and O–H groups in total. The lowest BCUT2D eigenvalue weighted by Crippen LogP contribution is -2.39. The molecule has 0 spiro atoms. The number of nitrogens with zero attached hydrogens (tertiary/aromatic N) is 1. The van der Waals surface area contributed by atoms with Crippen molar-refractivity contribution in [2.24, 2.45) is 11.8 Å². The van der Waals surface area contributed by atoms with E-state index >= 15 is 0 Å². The van der Waals surface area contributed by atoms with Crippen LogP contribution in [0.3, 0.4) is 0 Å². The normalized spacial score (nSPS) is 19.2. The van der Waals surface area contributed by atoms with Crippen LogP contribution in [-0.2, 0) is 14.9 Å². The first-order valence-electron chi connectivity index (χ1n) is 5.92. The van der Waals surface area contributed by atoms with Gasteiger partial charge in [0.2, 0.25) is 0 Å². The SMILES string of the molecule is Cc1ccc(S(=O)(=O)N2CCC(CON)CC2)s1. The van der Waals surface area contributed by atoms with E-state index in [2.05, 4.69) is 4.84 Å². The van der Waals surface area contributed by atoms with Crippen molar-refractivity contribution in [1.82, 2.24) is 4.31 Å². The third-order valence-electron chi connectivity index (χ3n) is 3.22. The summed E-state index contributed by atoms with van der Waals surface area (Å²) in [5.41, 5.74) is 0. The number of sulfonamides is 1. The Bertz CT molecular complexity index is 490. The van der Waals surface area contributed by atoms with Crippen molar-refractivity contribution in [3.05, 3.63) is 17.0 Å². The quantitative estimate of drug-likeness (QED) is 0.850. The summed E-state index contributed by atoms with van der Waals surface area (Å²) in [7, 11) is -3.30. The van der Waals surface area contributed by atoms with E-state index in [-0.39, 0.29) is 0 Å². The van der Waals surface area contributed by atoms with Gasteiger partial charge in [-0.25, -0.2) is 14.3 Å². The molecule has 1 aliphatic rings. The summed E-state index contributed by atoms with van der Waals surface area (Å²) in [6.45, 7) is 3.52. The summed E-state index contributed by atoms with van der Waals surface area (Å²) in [6, 6.07) is 3.52. The van der Waals surface area contributed by atoms with Gasteiger partial charge in [-0.05, 0) is 37.8 Å². The van der Waals surface area contributed by atoms with Gasteiger partial charge in [-0.3, -0.25) is 0 Å². The highest BCUT2D eigenvalue weighted by atomic mass is 32.2. The van der Waals surface area contributed by atoms with E-state index < -0.39 is 10.0 Å². The number of thiophene rings is 1. The zero-order valence-electron chi connectivity index (χ0n) is 10.3. The van der Waals surface area contributed by atoms with Crippen LogP contribution in [0.4, 0.5) is 0 Å². The molecule has 18 heavy (non-hydrogen) atoms. The van der Waals surface area contributed by atoms with E-state index in [4.69, 9.17) is 5.90 Å². The fourth-order valence-corrected chi connectivity index (χ4v) is 5.04. The predicted octanol–water partition coefficient (Wildman–Crippen LogP) is 1.35. The molecule has 1 aromatic rings. The molecule has 0 aromatic carbocycles. The number of piperidine rings is 1. The lowest BCUT2D eigenvalue weighted by molar-refractivity contribution is 0.0805. The first-order valence-corrected chi connectivity index (χ1v) is 8.18. The van der Waals surface area contributed by atoms with Crippen LogP contribution in [-0.4, -0.2) is 32.4 Å². The monoisotopic (exact) mass is 290 g/mol. The van der Waals surface area contributed by atoms with Crippen molar-refractivity contribution in [1.29, 1.82) is 0 Å². The molecule has 1 fully saturated rings. The summed E-state index contributed by atoms with van der Waals surface area (Å²) in [5.74, 6) is 5.41. The number of hydrogen-bond donors (Lipinski definition) is 1. The minimum atomic E-state index is -3.30. The minimum Gasteiger partial charge on any atom is -0.304 e. The minimum absolute atomic E-state index is 0.367. The molecule has 0 atom stereocenters. The lowest BCUT2D eigenvalue weighted by atomic mass is 9.99. The Morgan fingerprint density at radius 2 is 2.11 bits per heavy atom. The second-order valence-electron chi connectivity index (χ2n) is 4.55. The molecule has 1 saturated heterocycles. The molecule has 7 heteroatoms. The number of hydrogen-bond acceptors (Lipinski definition) is 5. The Kier molecular flexibility index (Phi) is 4.39. The van der Waals surface area contributed by atoms with Gasteiger partial charge >= 0.3 is 0 Å². The van der Waals surface area contributed by atoms with Gasteiger partial charge in [0.1, 0.15) is 4.21 Å². The van der Waals surface area contributed by atoms with E-state index in [1.807, 2.05) is 13.0 Å². The van der Waals surface area contributed by atoms with Crippen LogP contribution in [0.2, 0.25) is 0 Å². The summed E-state index contributed by atoms with van der Waals surface area (Å²) in [6.07, 6.45) is 1.61. The molecule has 2 heterocycles. The first kappa shape index (κ1) is 14.0. The Hall–Kier alpha value is -0.470. The smallest absolute Gasteiger partial charge is 0.252 e. The fraction of sp³-hybridized carbons (Fsp3) is 0.636. The Morgan fingerprint density at radius 3 is 2.61 bits per heavy atom. The van der Waals surface area contributed by atoms with E-state index in [9.17, 15) is 8.42 Å². The standard InChI is InChI=1S/C11H18N2O3S2/c1-9-2-3-11(17-9)18(14,15)13-6-4-10(5-7-13)8-16-12/h2-3,10H,4-8,12H2,1H3. The van der Waals surface area contributed by atoms with Crippen LogP contribution < -0.4 is 5.90 Å². The van der Waals surface area contributed by atoms with E-state index in [1.54, 1.807) is 10.4 Å². The van der Waals surface area contributed by atoms with Crippen LogP contribution in [0.1, 0.15) is 17.7 Å². The molecule has 0 unspecified atom stereocenters. The molecular formula is C11H18N2O3S2. The van der Waals surface area contributed by atoms with Crippen LogP contribution in [0.5, 0.6) is 0 Å². The molecule has 0 aliphatic carbocycles. The molecule has 0 radical (unpaired) electrons. The van der Waals surface area contributed by atoms with Gasteiger partial charge in [-0.15, -0.1) is 11.3 Å². The van der Waals surface area contributed by atoms with Gasteiger partial charge in [-0.1, -0.05) is 0 Å². The van der Waals surface area contributed by atoms with Crippen LogP contribution in [0.15, 0.2) is 16.3 Å². The highest BCUT2D eigenvalue weighted by Gasteiger charge is 2.30. The highest BCUT2D eigenvalue weighted by Crippen LogP contribution is 2.27. The molecule has 102 valence electrons. The molecule has 0 bridgehead atoms. The van der Waals surface area contributed by atoms with Crippen molar-refractivity contribution >= 4 is 21.4 Å². The maximum atomic E-state index is 12.3. The maximum absolute atomic E-state index is 12.3. The first-order chi connectivity index (χ1) is 8.54. The van der Waals surface area contributed by atoms with Crippen molar-refractivity contribution < 1.29 is 13.3 Å². The third-order valence-corrected chi connectivity index (χ3v) is 6.58. The topological polar surface area (TPSA) is 72.6 Å². The average molecular weight is 290 g/mol. The molecular weight excluding hydrogens is 272 g/mol. The predicted molar refractivity (Wildman–Crippen MR) is 70.7 cm³/mol. The number of aryl methyl sites for hydroxylation is 1. The molecule has 1 aromatic heterocycles. The summed E-state index contributed by atoms with van der Waals surface area (Å²) in [5, 5.41) is 0. The van der Waals surface area contributed by atoms with E-state index in [0.717, 1.165) is 17.7 Å². The zero-order chi connectivity index (χ0) is 13.2. The van der Waals surface area contributed by atoms with Gasteiger partial charge in [0.05, 0.1) is 6.61 Å². The Morgan fingerprint density at radius 1 is 1.44 bits per heavy atom. The van der Waals surface area contributed by atoms with Crippen molar-refractivity contribution in [3.63, 3.8) is 0 Å². The average Bonchev–Trinajstić information content (AvgIpc) is 2.78. The van der Waals surface area contributed by atoms with Gasteiger partial charge in [-0.2, -0.15) is 4.31 Å². The maximum Gasteiger partial charge on any atom is 0.252 e. The van der Waals surface area contributed by atoms with Gasteiger partial charge in [0, 0.05) is 18.0 Å². The highest BCUT2D eigenvalue weighted by molar-refractivity contribution is 7.91. The molecule has 0 amide bonds. The van der Waals surface area contributed by atoms with E-state index in [0.29, 0.717) is 29.8 Å². The summed E-state index contributed by atoms with van der Waals surface area (Å²) >= 11 is 1.33. The van der Waals surface area contributed by atoms with Gasteiger partial charge < -0.3 is 4.84 Å². The third kappa shape index (κ3) is 2.92. The second-order valence-corrected chi connectivity index (χ2v) is 8.00. The number of nitrogens with two attached hydrogens (primary N) is 1. The molecule has 5 nitrogen and oxygen atoms in total. The fourth-order valence-electron chi connectivity index (χ4n) is 2.13. The largest absolute Gasteiger partial charge is 0.304 e. The summed E-state index contributed by atoms with van der Waals surface area (Å²) in [4.78, 5) is 5.64. The van der Waals surface area contributed by atoms with E-state index in [1.165, 1.54) is 11.3 Å². The van der Waals surface area contributed by atoms with Crippen molar-refractivity contribution in [3.8, 4) is 0 Å². The zero-order valence-corrected chi connectivity index (χ0v) is 12.0. The van der Waals surface area contributed by atoms with Gasteiger partial charge in [0.25, 0.3) is 10.0 Å². The molecule has 2 rings (SSSR count). The second kappa shape index (κ2) is 5.66. The van der Waals surface area contributed by atoms with Crippen LogP contribution in [0.25, 0.3) is 0 Å². The van der Waals surface area contributed by atoms with Crippen LogP contribution in [0, 0.1) is 12.8 Å². The Balaban J connectivity index is 2.05.